The number of aromatic nitrogens is 1. The van der Waals surface area contributed by atoms with Gasteiger partial charge in [0.2, 0.25) is 0 Å². The molecule has 1 N–H and O–H groups in total. The molecule has 1 fully saturated rings. The predicted octanol–water partition coefficient (Wildman–Crippen LogP) is 2.88. The molecular weight excluding hydrogens is 259 g/mol. The summed E-state index contributed by atoms with van der Waals surface area (Å²) < 4.78 is 44.1. The number of alkyl halides is 3. The van der Waals surface area contributed by atoms with Crippen LogP contribution in [0.15, 0.2) is 18.5 Å². The number of methoxy groups -OCH3 is 1. The molecule has 2 atom stereocenters. The molecule has 0 aromatic carbocycles. The van der Waals surface area contributed by atoms with Crippen molar-refractivity contribution in [2.24, 2.45) is 0 Å². The molecule has 1 aliphatic carbocycles. The van der Waals surface area contributed by atoms with Gasteiger partial charge in [-0.2, -0.15) is 13.2 Å². The van der Waals surface area contributed by atoms with Crippen molar-refractivity contribution in [2.75, 3.05) is 7.11 Å². The Labute approximate surface area is 109 Å². The minimum Gasteiger partial charge on any atom is -0.385 e. The summed E-state index contributed by atoms with van der Waals surface area (Å²) in [4.78, 5) is 3.73. The lowest BCUT2D eigenvalue weighted by Gasteiger charge is -2.37. The van der Waals surface area contributed by atoms with E-state index in [1.807, 2.05) is 0 Å². The summed E-state index contributed by atoms with van der Waals surface area (Å²) >= 11 is 0. The first-order valence-corrected chi connectivity index (χ1v) is 6.14. The number of aliphatic hydroxyl groups is 1. The second kappa shape index (κ2) is 5.09. The van der Waals surface area contributed by atoms with Crippen molar-refractivity contribution in [1.82, 2.24) is 4.98 Å². The fourth-order valence-electron chi connectivity index (χ4n) is 2.66. The van der Waals surface area contributed by atoms with Gasteiger partial charge >= 0.3 is 6.18 Å². The number of hydrogen-bond acceptors (Lipinski definition) is 3. The molecule has 2 rings (SSSR count). The zero-order valence-electron chi connectivity index (χ0n) is 10.6. The maximum absolute atomic E-state index is 13.0. The summed E-state index contributed by atoms with van der Waals surface area (Å²) in [6.07, 6.45) is -0.678. The molecule has 0 bridgehead atoms. The van der Waals surface area contributed by atoms with Crippen LogP contribution in [0.3, 0.4) is 0 Å². The number of rotatable bonds is 2. The van der Waals surface area contributed by atoms with Gasteiger partial charge in [0.05, 0.1) is 17.3 Å². The van der Waals surface area contributed by atoms with Crippen molar-refractivity contribution in [3.63, 3.8) is 0 Å². The highest BCUT2D eigenvalue weighted by Gasteiger charge is 2.43. The Morgan fingerprint density at radius 3 is 2.84 bits per heavy atom. The Kier molecular flexibility index (Phi) is 3.82. The zero-order chi connectivity index (χ0) is 14.1. The van der Waals surface area contributed by atoms with Crippen molar-refractivity contribution >= 4 is 0 Å². The molecule has 19 heavy (non-hydrogen) atoms. The van der Waals surface area contributed by atoms with Gasteiger partial charge in [0, 0.05) is 31.5 Å². The van der Waals surface area contributed by atoms with Crippen molar-refractivity contribution in [3.8, 4) is 0 Å². The average Bonchev–Trinajstić information content (AvgIpc) is 2.38. The topological polar surface area (TPSA) is 42.4 Å². The van der Waals surface area contributed by atoms with Crippen LogP contribution in [0.2, 0.25) is 0 Å². The van der Waals surface area contributed by atoms with E-state index in [1.165, 1.54) is 7.11 Å². The Bertz CT molecular complexity index is 450. The van der Waals surface area contributed by atoms with E-state index in [0.717, 1.165) is 24.9 Å². The molecule has 1 aromatic rings. The second-order valence-corrected chi connectivity index (χ2v) is 4.90. The van der Waals surface area contributed by atoms with E-state index < -0.39 is 17.3 Å². The minimum absolute atomic E-state index is 0.149. The van der Waals surface area contributed by atoms with Gasteiger partial charge in [0.1, 0.15) is 0 Å². The van der Waals surface area contributed by atoms with Gasteiger partial charge in [0.15, 0.2) is 0 Å². The summed E-state index contributed by atoms with van der Waals surface area (Å²) in [6, 6.07) is 0.906. The van der Waals surface area contributed by atoms with Crippen molar-refractivity contribution in [2.45, 2.75) is 43.6 Å². The van der Waals surface area contributed by atoms with E-state index in [4.69, 9.17) is 4.74 Å². The predicted molar refractivity (Wildman–Crippen MR) is 62.4 cm³/mol. The molecule has 0 saturated heterocycles. The van der Waals surface area contributed by atoms with Crippen LogP contribution in [0.5, 0.6) is 0 Å². The normalized spacial score (nSPS) is 28.4. The van der Waals surface area contributed by atoms with E-state index >= 15 is 0 Å². The van der Waals surface area contributed by atoms with Crippen molar-refractivity contribution in [1.29, 1.82) is 0 Å². The summed E-state index contributed by atoms with van der Waals surface area (Å²) in [5.74, 6) is 0. The van der Waals surface area contributed by atoms with Gasteiger partial charge in [0.25, 0.3) is 0 Å². The van der Waals surface area contributed by atoms with Crippen LogP contribution in [0, 0.1) is 0 Å². The number of hydrogen-bond donors (Lipinski definition) is 1. The van der Waals surface area contributed by atoms with Gasteiger partial charge in [-0.05, 0) is 25.3 Å². The van der Waals surface area contributed by atoms with E-state index in [-0.39, 0.29) is 18.1 Å². The van der Waals surface area contributed by atoms with Gasteiger partial charge in [-0.25, -0.2) is 0 Å². The van der Waals surface area contributed by atoms with Crippen molar-refractivity contribution < 1.29 is 23.0 Å². The molecule has 1 aliphatic rings. The van der Waals surface area contributed by atoms with Crippen LogP contribution in [-0.4, -0.2) is 23.3 Å². The third-order valence-electron chi connectivity index (χ3n) is 3.64. The van der Waals surface area contributed by atoms with E-state index in [1.54, 1.807) is 0 Å². The third kappa shape index (κ3) is 2.90. The first-order valence-electron chi connectivity index (χ1n) is 6.14. The molecule has 0 aliphatic heterocycles. The fraction of sp³-hybridized carbons (Fsp3) is 0.615. The molecule has 3 nitrogen and oxygen atoms in total. The lowest BCUT2D eigenvalue weighted by molar-refractivity contribution is -0.143. The largest absolute Gasteiger partial charge is 0.416 e. The number of nitrogens with zero attached hydrogens (tertiary/aromatic N) is 1. The molecule has 0 spiro atoms. The zero-order valence-corrected chi connectivity index (χ0v) is 10.6. The maximum Gasteiger partial charge on any atom is 0.416 e. The lowest BCUT2D eigenvalue weighted by Crippen LogP contribution is -2.37. The Morgan fingerprint density at radius 1 is 1.47 bits per heavy atom. The molecule has 6 heteroatoms. The van der Waals surface area contributed by atoms with Crippen LogP contribution in [0.1, 0.15) is 36.8 Å². The Hall–Kier alpha value is -1.14. The minimum atomic E-state index is -4.49. The molecular formula is C13H16F3NO2. The first-order chi connectivity index (χ1) is 8.87. The average molecular weight is 275 g/mol. The van der Waals surface area contributed by atoms with E-state index in [9.17, 15) is 18.3 Å². The Balaban J connectivity index is 2.40. The highest BCUT2D eigenvalue weighted by molar-refractivity contribution is 5.32. The Morgan fingerprint density at radius 2 is 2.21 bits per heavy atom. The second-order valence-electron chi connectivity index (χ2n) is 4.90. The number of pyridine rings is 1. The molecule has 2 unspecified atom stereocenters. The molecule has 1 aromatic heterocycles. The highest BCUT2D eigenvalue weighted by Crippen LogP contribution is 2.43. The monoisotopic (exact) mass is 275 g/mol. The van der Waals surface area contributed by atoms with Crippen LogP contribution < -0.4 is 0 Å². The fourth-order valence-corrected chi connectivity index (χ4v) is 2.66. The smallest absolute Gasteiger partial charge is 0.385 e. The van der Waals surface area contributed by atoms with E-state index in [2.05, 4.69) is 4.98 Å². The summed E-state index contributed by atoms with van der Waals surface area (Å²) in [5.41, 5.74) is -2.48. The summed E-state index contributed by atoms with van der Waals surface area (Å²) in [7, 11) is 1.50. The molecule has 0 radical (unpaired) electrons. The molecule has 1 saturated carbocycles. The SMILES string of the molecule is COC1CCCC(O)(c2cnccc2C(F)(F)F)C1. The van der Waals surface area contributed by atoms with Gasteiger partial charge in [-0.3, -0.25) is 4.98 Å². The standard InChI is InChI=1S/C13H16F3NO2/c1-19-9-3-2-5-12(18,7-9)11-8-17-6-4-10(11)13(14,15)16/h4,6,8-9,18H,2-3,5,7H2,1H3. The van der Waals surface area contributed by atoms with Crippen LogP contribution in [-0.2, 0) is 16.5 Å². The van der Waals surface area contributed by atoms with Gasteiger partial charge in [-0.15, -0.1) is 0 Å². The lowest BCUT2D eigenvalue weighted by atomic mass is 9.77. The summed E-state index contributed by atoms with van der Waals surface area (Å²) in [6.45, 7) is 0. The molecule has 0 amide bonds. The van der Waals surface area contributed by atoms with Crippen LogP contribution in [0.4, 0.5) is 13.2 Å². The first kappa shape index (κ1) is 14.3. The number of ether oxygens (including phenoxy) is 1. The third-order valence-corrected chi connectivity index (χ3v) is 3.64. The molecule has 106 valence electrons. The van der Waals surface area contributed by atoms with Gasteiger partial charge < -0.3 is 9.84 Å². The van der Waals surface area contributed by atoms with Gasteiger partial charge in [-0.1, -0.05) is 0 Å². The summed E-state index contributed by atoms with van der Waals surface area (Å²) in [5, 5.41) is 10.6. The van der Waals surface area contributed by atoms with Crippen molar-refractivity contribution in [3.05, 3.63) is 29.6 Å². The number of halogens is 3. The molecule has 1 heterocycles. The van der Waals surface area contributed by atoms with Crippen LogP contribution >= 0.6 is 0 Å². The quantitative estimate of drug-likeness (QED) is 0.902. The van der Waals surface area contributed by atoms with E-state index in [0.29, 0.717) is 12.8 Å². The highest BCUT2D eigenvalue weighted by atomic mass is 19.4. The maximum atomic E-state index is 13.0. The van der Waals surface area contributed by atoms with Crippen LogP contribution in [0.25, 0.3) is 0 Å².